The zero-order valence-electron chi connectivity index (χ0n) is 15.2. The number of carbonyl (C=O) groups is 2. The fourth-order valence-corrected chi connectivity index (χ4v) is 3.39. The van der Waals surface area contributed by atoms with E-state index in [-0.39, 0.29) is 24.3 Å². The van der Waals surface area contributed by atoms with E-state index < -0.39 is 6.04 Å². The van der Waals surface area contributed by atoms with Gasteiger partial charge >= 0.3 is 6.03 Å². The Labute approximate surface area is 161 Å². The first-order valence-corrected chi connectivity index (χ1v) is 9.17. The van der Waals surface area contributed by atoms with E-state index in [1.54, 1.807) is 12.1 Å². The summed E-state index contributed by atoms with van der Waals surface area (Å²) in [6.45, 7) is 0.603. The van der Waals surface area contributed by atoms with E-state index >= 15 is 0 Å². The van der Waals surface area contributed by atoms with Crippen molar-refractivity contribution >= 4 is 22.8 Å². The highest BCUT2D eigenvalue weighted by molar-refractivity contribution is 6.04. The van der Waals surface area contributed by atoms with Crippen LogP contribution in [0.25, 0.3) is 10.9 Å². The van der Waals surface area contributed by atoms with E-state index in [0.29, 0.717) is 25.2 Å². The molecular weight excluding hydrogens is 361 g/mol. The number of ether oxygens (including phenoxy) is 1. The fourth-order valence-electron chi connectivity index (χ4n) is 3.39. The minimum Gasteiger partial charge on any atom is -0.494 e. The first-order valence-electron chi connectivity index (χ1n) is 9.17. The number of para-hydroxylation sites is 1. The topological polar surface area (TPSA) is 74.4 Å². The second-order valence-corrected chi connectivity index (χ2v) is 6.71. The van der Waals surface area contributed by atoms with Crippen molar-refractivity contribution in [3.05, 3.63) is 66.1 Å². The molecule has 0 aliphatic carbocycles. The molecule has 1 aliphatic heterocycles. The number of H-pyrrole nitrogens is 1. The highest BCUT2D eigenvalue weighted by atomic mass is 19.1. The van der Waals surface area contributed by atoms with Crippen molar-refractivity contribution in [1.82, 2.24) is 15.2 Å². The zero-order chi connectivity index (χ0) is 19.5. The van der Waals surface area contributed by atoms with Crippen LogP contribution in [0, 0.1) is 5.82 Å². The maximum Gasteiger partial charge on any atom is 0.324 e. The lowest BCUT2D eigenvalue weighted by atomic mass is 10.1. The van der Waals surface area contributed by atoms with E-state index in [1.807, 2.05) is 30.5 Å². The lowest BCUT2D eigenvalue weighted by molar-refractivity contribution is -0.127. The number of nitrogens with zero attached hydrogens (tertiary/aromatic N) is 1. The van der Waals surface area contributed by atoms with Gasteiger partial charge < -0.3 is 15.0 Å². The van der Waals surface area contributed by atoms with Crippen LogP contribution in [0.4, 0.5) is 9.18 Å². The van der Waals surface area contributed by atoms with E-state index in [1.165, 1.54) is 17.0 Å². The minimum absolute atomic E-state index is 0.225. The second kappa shape index (κ2) is 7.72. The van der Waals surface area contributed by atoms with E-state index in [9.17, 15) is 14.0 Å². The number of urea groups is 1. The van der Waals surface area contributed by atoms with Crippen molar-refractivity contribution in [2.24, 2.45) is 0 Å². The third-order valence-corrected chi connectivity index (χ3v) is 4.81. The monoisotopic (exact) mass is 381 g/mol. The summed E-state index contributed by atoms with van der Waals surface area (Å²) in [6, 6.07) is 12.6. The molecule has 28 heavy (non-hydrogen) atoms. The third kappa shape index (κ3) is 3.69. The number of amides is 3. The summed E-state index contributed by atoms with van der Waals surface area (Å²) in [6.07, 6.45) is 2.82. The van der Waals surface area contributed by atoms with Gasteiger partial charge in [-0.05, 0) is 42.3 Å². The Hall–Kier alpha value is -3.35. The number of fused-ring (bicyclic) bond motifs is 1. The summed E-state index contributed by atoms with van der Waals surface area (Å²) in [5.41, 5.74) is 2.00. The molecule has 0 unspecified atom stereocenters. The zero-order valence-corrected chi connectivity index (χ0v) is 15.2. The molecule has 0 spiro atoms. The van der Waals surface area contributed by atoms with E-state index in [0.717, 1.165) is 16.5 Å². The molecule has 2 N–H and O–H groups in total. The first-order chi connectivity index (χ1) is 13.6. The van der Waals surface area contributed by atoms with Gasteiger partial charge in [0.2, 0.25) is 0 Å². The van der Waals surface area contributed by atoms with Crippen molar-refractivity contribution in [1.29, 1.82) is 0 Å². The Morgan fingerprint density at radius 3 is 2.68 bits per heavy atom. The predicted molar refractivity (Wildman–Crippen MR) is 103 cm³/mol. The summed E-state index contributed by atoms with van der Waals surface area (Å²) >= 11 is 0. The van der Waals surface area contributed by atoms with Crippen LogP contribution in [-0.2, 0) is 11.2 Å². The highest BCUT2D eigenvalue weighted by Gasteiger charge is 2.37. The van der Waals surface area contributed by atoms with Gasteiger partial charge in [-0.1, -0.05) is 18.2 Å². The molecule has 3 amide bonds. The lowest BCUT2D eigenvalue weighted by Gasteiger charge is -2.13. The molecule has 2 aromatic carbocycles. The Morgan fingerprint density at radius 2 is 1.86 bits per heavy atom. The van der Waals surface area contributed by atoms with Gasteiger partial charge in [0.25, 0.3) is 5.91 Å². The molecule has 2 heterocycles. The van der Waals surface area contributed by atoms with Gasteiger partial charge in [0.05, 0.1) is 6.61 Å². The number of hydrogen-bond acceptors (Lipinski definition) is 3. The van der Waals surface area contributed by atoms with Crippen molar-refractivity contribution in [2.45, 2.75) is 18.9 Å². The summed E-state index contributed by atoms with van der Waals surface area (Å²) in [7, 11) is 0. The summed E-state index contributed by atoms with van der Waals surface area (Å²) in [5, 5.41) is 3.81. The number of carbonyl (C=O) groups excluding carboxylic acids is 2. The minimum atomic E-state index is -0.565. The van der Waals surface area contributed by atoms with Crippen LogP contribution in [0.1, 0.15) is 12.0 Å². The molecule has 7 heteroatoms. The molecule has 1 aromatic heterocycles. The molecule has 4 rings (SSSR count). The van der Waals surface area contributed by atoms with Crippen LogP contribution in [0.3, 0.4) is 0 Å². The van der Waals surface area contributed by atoms with Crippen LogP contribution in [-0.4, -0.2) is 41.0 Å². The normalized spacial score (nSPS) is 16.6. The molecule has 0 bridgehead atoms. The van der Waals surface area contributed by atoms with Gasteiger partial charge in [0.1, 0.15) is 17.6 Å². The van der Waals surface area contributed by atoms with Gasteiger partial charge in [-0.3, -0.25) is 9.69 Å². The molecule has 1 saturated heterocycles. The predicted octanol–water partition coefficient (Wildman–Crippen LogP) is 3.24. The molecule has 1 atom stereocenters. The van der Waals surface area contributed by atoms with Gasteiger partial charge in [-0.15, -0.1) is 0 Å². The van der Waals surface area contributed by atoms with Crippen LogP contribution < -0.4 is 10.1 Å². The second-order valence-electron chi connectivity index (χ2n) is 6.71. The number of hydrogen-bond donors (Lipinski definition) is 2. The van der Waals surface area contributed by atoms with Gasteiger partial charge in [-0.2, -0.15) is 0 Å². The summed E-state index contributed by atoms with van der Waals surface area (Å²) in [5.74, 6) is 0.000743. The number of rotatable bonds is 7. The molecule has 144 valence electrons. The van der Waals surface area contributed by atoms with Crippen molar-refractivity contribution in [2.75, 3.05) is 13.2 Å². The van der Waals surface area contributed by atoms with E-state index in [4.69, 9.17) is 4.74 Å². The summed E-state index contributed by atoms with van der Waals surface area (Å²) < 4.78 is 18.4. The average Bonchev–Trinajstić information content (AvgIpc) is 3.22. The van der Waals surface area contributed by atoms with Crippen molar-refractivity contribution in [3.63, 3.8) is 0 Å². The average molecular weight is 381 g/mol. The number of benzene rings is 2. The Kier molecular flexibility index (Phi) is 4.97. The van der Waals surface area contributed by atoms with Crippen LogP contribution in [0.15, 0.2) is 54.7 Å². The third-order valence-electron chi connectivity index (χ3n) is 4.81. The smallest absolute Gasteiger partial charge is 0.324 e. The maximum atomic E-state index is 12.9. The summed E-state index contributed by atoms with van der Waals surface area (Å²) in [4.78, 5) is 29.2. The first kappa shape index (κ1) is 18.0. The van der Waals surface area contributed by atoms with Crippen LogP contribution in [0.2, 0.25) is 0 Å². The molecule has 3 aromatic rings. The number of halogens is 1. The standard InChI is InChI=1S/C21H20FN3O3/c22-15-6-8-16(9-7-15)28-11-3-10-25-20(26)19(24-21(25)27)12-14-13-23-18-5-2-1-4-17(14)18/h1-2,4-9,13,19,23H,3,10-12H2,(H,24,27)/t19-/m0/s1. The quantitative estimate of drug-likeness (QED) is 0.487. The number of aromatic nitrogens is 1. The van der Waals surface area contributed by atoms with Gasteiger partial charge in [0, 0.05) is 30.1 Å². The van der Waals surface area contributed by atoms with Crippen LogP contribution >= 0.6 is 0 Å². The van der Waals surface area contributed by atoms with Gasteiger partial charge in [0.15, 0.2) is 0 Å². The lowest BCUT2D eigenvalue weighted by Crippen LogP contribution is -2.33. The Balaban J connectivity index is 1.31. The molecule has 0 radical (unpaired) electrons. The molecular formula is C21H20FN3O3. The largest absolute Gasteiger partial charge is 0.494 e. The fraction of sp³-hybridized carbons (Fsp3) is 0.238. The Bertz CT molecular complexity index is 1000. The van der Waals surface area contributed by atoms with Crippen LogP contribution in [0.5, 0.6) is 5.75 Å². The molecule has 1 aliphatic rings. The SMILES string of the molecule is O=C1N[C@@H](Cc2c[nH]c3ccccc23)C(=O)N1CCCOc1ccc(F)cc1. The Morgan fingerprint density at radius 1 is 1.07 bits per heavy atom. The molecule has 6 nitrogen and oxygen atoms in total. The number of nitrogens with one attached hydrogen (secondary N) is 2. The number of imide groups is 1. The maximum absolute atomic E-state index is 12.9. The van der Waals surface area contributed by atoms with Crippen molar-refractivity contribution in [3.8, 4) is 5.75 Å². The molecule has 1 fully saturated rings. The van der Waals surface area contributed by atoms with E-state index in [2.05, 4.69) is 10.3 Å². The number of aromatic amines is 1. The van der Waals surface area contributed by atoms with Crippen molar-refractivity contribution < 1.29 is 18.7 Å². The molecule has 0 saturated carbocycles. The van der Waals surface area contributed by atoms with Gasteiger partial charge in [-0.25, -0.2) is 9.18 Å². The highest BCUT2D eigenvalue weighted by Crippen LogP contribution is 2.21.